The monoisotopic (exact) mass is 295 g/mol. The normalized spacial score (nSPS) is 10.8. The smallest absolute Gasteiger partial charge is 0.197 e. The largest absolute Gasteiger partial charge is 0.440 e. The summed E-state index contributed by atoms with van der Waals surface area (Å²) in [5.41, 5.74) is 2.47. The standard InChI is InChI=1S/C18H17NO3/c1-21-11-10-19-17-12-16(20)15-9-5-8-14(18(15)22-17)13-6-3-2-4-7-13/h2-9,12,19H,10-11H2,1H3. The van der Waals surface area contributed by atoms with E-state index < -0.39 is 0 Å². The van der Waals surface area contributed by atoms with Gasteiger partial charge in [0.25, 0.3) is 0 Å². The van der Waals surface area contributed by atoms with Gasteiger partial charge in [0.1, 0.15) is 5.58 Å². The van der Waals surface area contributed by atoms with E-state index >= 15 is 0 Å². The fourth-order valence-corrected chi connectivity index (χ4v) is 2.39. The Balaban J connectivity index is 2.11. The predicted molar refractivity (Wildman–Crippen MR) is 88.3 cm³/mol. The van der Waals surface area contributed by atoms with Crippen molar-refractivity contribution in [3.63, 3.8) is 0 Å². The number of fused-ring (bicyclic) bond motifs is 1. The molecule has 0 fully saturated rings. The van der Waals surface area contributed by atoms with Crippen LogP contribution in [0.25, 0.3) is 22.1 Å². The van der Waals surface area contributed by atoms with Gasteiger partial charge in [-0.3, -0.25) is 4.79 Å². The summed E-state index contributed by atoms with van der Waals surface area (Å²) in [5.74, 6) is 0.456. The number of anilines is 1. The Bertz CT molecular complexity index is 825. The first kappa shape index (κ1) is 14.4. The van der Waals surface area contributed by atoms with E-state index in [9.17, 15) is 4.79 Å². The Hall–Kier alpha value is -2.59. The lowest BCUT2D eigenvalue weighted by Gasteiger charge is -2.09. The average Bonchev–Trinajstić information content (AvgIpc) is 2.55. The van der Waals surface area contributed by atoms with Gasteiger partial charge in [0.2, 0.25) is 0 Å². The summed E-state index contributed by atoms with van der Waals surface area (Å²) in [6, 6.07) is 17.0. The first-order valence-electron chi connectivity index (χ1n) is 7.14. The second kappa shape index (κ2) is 6.45. The number of hydrogen-bond acceptors (Lipinski definition) is 4. The van der Waals surface area contributed by atoms with Crippen LogP contribution in [0.1, 0.15) is 0 Å². The number of para-hydroxylation sites is 1. The fourth-order valence-electron chi connectivity index (χ4n) is 2.39. The molecule has 0 radical (unpaired) electrons. The van der Waals surface area contributed by atoms with Crippen molar-refractivity contribution in [2.45, 2.75) is 0 Å². The van der Waals surface area contributed by atoms with Gasteiger partial charge in [0.15, 0.2) is 11.3 Å². The zero-order valence-electron chi connectivity index (χ0n) is 12.3. The molecule has 112 valence electrons. The second-order valence-electron chi connectivity index (χ2n) is 4.94. The van der Waals surface area contributed by atoms with Crippen molar-refractivity contribution < 1.29 is 9.15 Å². The van der Waals surface area contributed by atoms with Crippen molar-refractivity contribution in [2.75, 3.05) is 25.6 Å². The predicted octanol–water partition coefficient (Wildman–Crippen LogP) is 3.52. The molecule has 3 aromatic rings. The molecule has 4 heteroatoms. The first-order valence-corrected chi connectivity index (χ1v) is 7.14. The van der Waals surface area contributed by atoms with Gasteiger partial charge >= 0.3 is 0 Å². The SMILES string of the molecule is COCCNc1cc(=O)c2cccc(-c3ccccc3)c2o1. The first-order chi connectivity index (χ1) is 10.8. The quantitative estimate of drug-likeness (QED) is 0.732. The molecule has 0 aliphatic heterocycles. The molecular formula is C18H17NO3. The third kappa shape index (κ3) is 2.87. The van der Waals surface area contributed by atoms with E-state index in [4.69, 9.17) is 9.15 Å². The molecule has 4 nitrogen and oxygen atoms in total. The molecule has 0 amide bonds. The molecule has 0 aliphatic carbocycles. The Kier molecular flexibility index (Phi) is 4.21. The van der Waals surface area contributed by atoms with Gasteiger partial charge < -0.3 is 14.5 Å². The molecule has 2 aromatic carbocycles. The number of methoxy groups -OCH3 is 1. The van der Waals surface area contributed by atoms with Crippen molar-refractivity contribution in [2.24, 2.45) is 0 Å². The zero-order chi connectivity index (χ0) is 15.4. The van der Waals surface area contributed by atoms with E-state index in [2.05, 4.69) is 5.32 Å². The molecule has 22 heavy (non-hydrogen) atoms. The van der Waals surface area contributed by atoms with Crippen molar-refractivity contribution in [1.29, 1.82) is 0 Å². The summed E-state index contributed by atoms with van der Waals surface area (Å²) < 4.78 is 10.9. The van der Waals surface area contributed by atoms with Crippen LogP contribution in [0, 0.1) is 0 Å². The molecule has 3 rings (SSSR count). The topological polar surface area (TPSA) is 51.5 Å². The van der Waals surface area contributed by atoms with Crippen molar-refractivity contribution >= 4 is 16.9 Å². The van der Waals surface area contributed by atoms with Gasteiger partial charge in [-0.25, -0.2) is 0 Å². The third-order valence-corrected chi connectivity index (χ3v) is 3.44. The number of benzene rings is 2. The molecule has 0 spiro atoms. The van der Waals surface area contributed by atoms with E-state index in [0.29, 0.717) is 30.0 Å². The molecule has 1 heterocycles. The van der Waals surface area contributed by atoms with Crippen molar-refractivity contribution in [3.8, 4) is 11.1 Å². The maximum Gasteiger partial charge on any atom is 0.197 e. The minimum Gasteiger partial charge on any atom is -0.440 e. The van der Waals surface area contributed by atoms with Crippen molar-refractivity contribution in [1.82, 2.24) is 0 Å². The summed E-state index contributed by atoms with van der Waals surface area (Å²) in [7, 11) is 1.63. The van der Waals surface area contributed by atoms with Crippen LogP contribution < -0.4 is 10.7 Å². The second-order valence-corrected chi connectivity index (χ2v) is 4.94. The Morgan fingerprint density at radius 2 is 1.91 bits per heavy atom. The van der Waals surface area contributed by atoms with Crippen LogP contribution in [0.5, 0.6) is 0 Å². The van der Waals surface area contributed by atoms with Crippen LogP contribution in [-0.4, -0.2) is 20.3 Å². The van der Waals surface area contributed by atoms with Gasteiger partial charge in [-0.1, -0.05) is 42.5 Å². The Morgan fingerprint density at radius 1 is 1.09 bits per heavy atom. The van der Waals surface area contributed by atoms with Gasteiger partial charge in [-0.2, -0.15) is 0 Å². The van der Waals surface area contributed by atoms with Crippen molar-refractivity contribution in [3.05, 3.63) is 64.8 Å². The maximum absolute atomic E-state index is 12.3. The molecule has 0 bridgehead atoms. The van der Waals surface area contributed by atoms with E-state index in [1.807, 2.05) is 42.5 Å². The lowest BCUT2D eigenvalue weighted by molar-refractivity contribution is 0.210. The van der Waals surface area contributed by atoms with Gasteiger partial charge in [-0.05, 0) is 11.6 Å². The van der Waals surface area contributed by atoms with Crippen LogP contribution in [0.4, 0.5) is 5.88 Å². The number of ether oxygens (including phenoxy) is 1. The molecule has 1 N–H and O–H groups in total. The minimum absolute atomic E-state index is 0.0565. The summed E-state index contributed by atoms with van der Waals surface area (Å²) in [6.07, 6.45) is 0. The molecule has 1 aromatic heterocycles. The summed E-state index contributed by atoms with van der Waals surface area (Å²) >= 11 is 0. The van der Waals surface area contributed by atoms with Crippen LogP contribution in [0.3, 0.4) is 0 Å². The fraction of sp³-hybridized carbons (Fsp3) is 0.167. The number of rotatable bonds is 5. The lowest BCUT2D eigenvalue weighted by Crippen LogP contribution is -2.10. The molecule has 0 atom stereocenters. The highest BCUT2D eigenvalue weighted by atomic mass is 16.5. The summed E-state index contributed by atoms with van der Waals surface area (Å²) in [4.78, 5) is 12.3. The van der Waals surface area contributed by atoms with Crippen LogP contribution in [-0.2, 0) is 4.74 Å². The van der Waals surface area contributed by atoms with Crippen LogP contribution in [0.2, 0.25) is 0 Å². The van der Waals surface area contributed by atoms with E-state index in [1.165, 1.54) is 6.07 Å². The average molecular weight is 295 g/mol. The Labute approximate surface area is 128 Å². The number of hydrogen-bond donors (Lipinski definition) is 1. The Morgan fingerprint density at radius 3 is 2.68 bits per heavy atom. The highest BCUT2D eigenvalue weighted by molar-refractivity contribution is 5.92. The van der Waals surface area contributed by atoms with E-state index in [1.54, 1.807) is 13.2 Å². The molecular weight excluding hydrogens is 278 g/mol. The molecule has 0 unspecified atom stereocenters. The van der Waals surface area contributed by atoms with E-state index in [-0.39, 0.29) is 5.43 Å². The molecule has 0 saturated heterocycles. The minimum atomic E-state index is -0.0565. The van der Waals surface area contributed by atoms with Crippen LogP contribution in [0.15, 0.2) is 63.8 Å². The zero-order valence-corrected chi connectivity index (χ0v) is 12.3. The van der Waals surface area contributed by atoms with Gasteiger partial charge in [-0.15, -0.1) is 0 Å². The van der Waals surface area contributed by atoms with Gasteiger partial charge in [0, 0.05) is 25.3 Å². The highest BCUT2D eigenvalue weighted by Gasteiger charge is 2.10. The molecule has 0 saturated carbocycles. The summed E-state index contributed by atoms with van der Waals surface area (Å²) in [6.45, 7) is 1.13. The van der Waals surface area contributed by atoms with Crippen LogP contribution >= 0.6 is 0 Å². The number of nitrogens with one attached hydrogen (secondary N) is 1. The third-order valence-electron chi connectivity index (χ3n) is 3.44. The van der Waals surface area contributed by atoms with Gasteiger partial charge in [0.05, 0.1) is 12.0 Å². The highest BCUT2D eigenvalue weighted by Crippen LogP contribution is 2.28. The summed E-state index contributed by atoms with van der Waals surface area (Å²) in [5, 5.41) is 3.65. The lowest BCUT2D eigenvalue weighted by atomic mass is 10.0. The van der Waals surface area contributed by atoms with E-state index in [0.717, 1.165) is 11.1 Å². The maximum atomic E-state index is 12.3. The molecule has 0 aliphatic rings.